The lowest BCUT2D eigenvalue weighted by atomic mass is 10.1. The van der Waals surface area contributed by atoms with Crippen LogP contribution in [0.15, 0.2) is 18.2 Å². The lowest BCUT2D eigenvalue weighted by Crippen LogP contribution is -2.24. The molecule has 0 aliphatic rings. The first-order chi connectivity index (χ1) is 12.6. The van der Waals surface area contributed by atoms with E-state index in [1.807, 2.05) is 0 Å². The first kappa shape index (κ1) is 20.6. The van der Waals surface area contributed by atoms with Gasteiger partial charge in [0.05, 0.1) is 29.9 Å². The molecule has 142 valence electrons. The van der Waals surface area contributed by atoms with Crippen molar-refractivity contribution in [2.24, 2.45) is 0 Å². The topological polar surface area (TPSA) is 107 Å². The van der Waals surface area contributed by atoms with Crippen LogP contribution in [0.4, 0.5) is 11.8 Å². The molecule has 0 fully saturated rings. The maximum absolute atomic E-state index is 6.18. The molecule has 0 atom stereocenters. The van der Waals surface area contributed by atoms with Crippen LogP contribution in [0.5, 0.6) is 0 Å². The van der Waals surface area contributed by atoms with Crippen molar-refractivity contribution < 1.29 is 9.47 Å². The van der Waals surface area contributed by atoms with Gasteiger partial charge in [-0.1, -0.05) is 35.3 Å². The van der Waals surface area contributed by atoms with Gasteiger partial charge in [0.25, 0.3) is 0 Å². The van der Waals surface area contributed by atoms with E-state index in [1.54, 1.807) is 25.3 Å². The summed E-state index contributed by atoms with van der Waals surface area (Å²) in [5.41, 5.74) is 6.96. The molecule has 2 rings (SSSR count). The number of ether oxygens (including phenoxy) is 2. The largest absolute Gasteiger partial charge is 0.383 e. The number of aromatic nitrogens is 3. The summed E-state index contributed by atoms with van der Waals surface area (Å²) >= 11 is 12.2. The lowest BCUT2D eigenvalue weighted by Gasteiger charge is -2.09. The zero-order chi connectivity index (χ0) is 18.8. The van der Waals surface area contributed by atoms with Crippen molar-refractivity contribution in [2.45, 2.75) is 0 Å². The molecule has 1 aromatic heterocycles. The van der Waals surface area contributed by atoms with E-state index in [1.165, 1.54) is 0 Å². The molecule has 0 bridgehead atoms. The van der Waals surface area contributed by atoms with Gasteiger partial charge in [0.15, 0.2) is 5.82 Å². The molecule has 0 saturated heterocycles. The zero-order valence-electron chi connectivity index (χ0n) is 14.5. The van der Waals surface area contributed by atoms with Crippen LogP contribution < -0.4 is 16.4 Å². The quantitative estimate of drug-likeness (QED) is 0.492. The summed E-state index contributed by atoms with van der Waals surface area (Å²) in [4.78, 5) is 4.20. The standard InChI is InChI=1S/C16H22Cl2N6O2/c1-25-8-5-20-6-9-26-10-7-21-16-22-15(19)14(23-24-16)11-3-2-4-12(17)13(11)18/h2-4,20H,5-10H2,1H3,(H3,19,21,22,24). The number of anilines is 2. The van der Waals surface area contributed by atoms with Crippen LogP contribution in [0.25, 0.3) is 11.3 Å². The van der Waals surface area contributed by atoms with Gasteiger partial charge in [-0.2, -0.15) is 4.98 Å². The summed E-state index contributed by atoms with van der Waals surface area (Å²) < 4.78 is 10.4. The molecule has 4 N–H and O–H groups in total. The van der Waals surface area contributed by atoms with Gasteiger partial charge in [-0.25, -0.2) is 0 Å². The lowest BCUT2D eigenvalue weighted by molar-refractivity contribution is 0.141. The number of nitrogens with two attached hydrogens (primary N) is 1. The molecule has 0 unspecified atom stereocenters. The Hall–Kier alpha value is -1.71. The fourth-order valence-corrected chi connectivity index (χ4v) is 2.46. The van der Waals surface area contributed by atoms with Crippen molar-refractivity contribution in [3.63, 3.8) is 0 Å². The third-order valence-electron chi connectivity index (χ3n) is 3.36. The second-order valence-electron chi connectivity index (χ2n) is 5.25. The van der Waals surface area contributed by atoms with E-state index in [4.69, 9.17) is 38.4 Å². The zero-order valence-corrected chi connectivity index (χ0v) is 16.0. The average Bonchev–Trinajstić information content (AvgIpc) is 2.63. The molecule has 10 heteroatoms. The highest BCUT2D eigenvalue weighted by atomic mass is 35.5. The number of rotatable bonds is 11. The van der Waals surface area contributed by atoms with Gasteiger partial charge >= 0.3 is 0 Å². The predicted molar refractivity (Wildman–Crippen MR) is 104 cm³/mol. The minimum absolute atomic E-state index is 0.218. The van der Waals surface area contributed by atoms with E-state index in [2.05, 4.69) is 25.8 Å². The Balaban J connectivity index is 1.78. The minimum atomic E-state index is 0.218. The number of methoxy groups -OCH3 is 1. The molecule has 26 heavy (non-hydrogen) atoms. The molecular formula is C16H22Cl2N6O2. The second kappa shape index (κ2) is 11.1. The summed E-state index contributed by atoms with van der Waals surface area (Å²) in [6.45, 7) is 3.92. The van der Waals surface area contributed by atoms with Crippen molar-refractivity contribution in [1.29, 1.82) is 0 Å². The average molecular weight is 401 g/mol. The molecule has 0 aliphatic heterocycles. The Labute approximate surface area is 162 Å². The van der Waals surface area contributed by atoms with E-state index in [0.29, 0.717) is 53.6 Å². The van der Waals surface area contributed by atoms with Crippen LogP contribution in [0.1, 0.15) is 0 Å². The minimum Gasteiger partial charge on any atom is -0.383 e. The van der Waals surface area contributed by atoms with Gasteiger partial charge in [-0.15, -0.1) is 10.2 Å². The summed E-state index contributed by atoms with van der Waals surface area (Å²) in [5, 5.41) is 15.1. The summed E-state index contributed by atoms with van der Waals surface area (Å²) in [7, 11) is 1.67. The molecule has 0 radical (unpaired) electrons. The number of hydrogen-bond donors (Lipinski definition) is 3. The first-order valence-electron chi connectivity index (χ1n) is 8.09. The van der Waals surface area contributed by atoms with Crippen molar-refractivity contribution in [1.82, 2.24) is 20.5 Å². The molecule has 1 heterocycles. The van der Waals surface area contributed by atoms with Gasteiger partial charge in [-0.05, 0) is 6.07 Å². The SMILES string of the molecule is COCCNCCOCCNc1nnc(-c2cccc(Cl)c2Cl)c(N)n1. The van der Waals surface area contributed by atoms with Gasteiger partial charge in [0.2, 0.25) is 5.95 Å². The molecular weight excluding hydrogens is 379 g/mol. The second-order valence-corrected chi connectivity index (χ2v) is 6.04. The predicted octanol–water partition coefficient (Wildman–Crippen LogP) is 2.09. The Kier molecular flexibility index (Phi) is 8.79. The van der Waals surface area contributed by atoms with Gasteiger partial charge in [0.1, 0.15) is 5.69 Å². The van der Waals surface area contributed by atoms with E-state index in [-0.39, 0.29) is 5.82 Å². The highest BCUT2D eigenvalue weighted by Crippen LogP contribution is 2.34. The first-order valence-corrected chi connectivity index (χ1v) is 8.85. The normalized spacial score (nSPS) is 10.9. The monoisotopic (exact) mass is 400 g/mol. The molecule has 1 aromatic carbocycles. The van der Waals surface area contributed by atoms with Crippen LogP contribution in [-0.2, 0) is 9.47 Å². The fraction of sp³-hybridized carbons (Fsp3) is 0.438. The Bertz CT molecular complexity index is 704. The van der Waals surface area contributed by atoms with Crippen LogP contribution >= 0.6 is 23.2 Å². The number of benzene rings is 1. The van der Waals surface area contributed by atoms with Crippen molar-refractivity contribution in [2.75, 3.05) is 57.6 Å². The number of halogens is 2. The van der Waals surface area contributed by atoms with Crippen LogP contribution in [0, 0.1) is 0 Å². The Morgan fingerprint density at radius 2 is 1.85 bits per heavy atom. The summed E-state index contributed by atoms with van der Waals surface area (Å²) in [5.74, 6) is 0.543. The van der Waals surface area contributed by atoms with Crippen LogP contribution in [-0.4, -0.2) is 61.7 Å². The molecule has 0 aliphatic carbocycles. The smallest absolute Gasteiger partial charge is 0.244 e. The third-order valence-corrected chi connectivity index (χ3v) is 4.17. The molecule has 0 spiro atoms. The van der Waals surface area contributed by atoms with Gasteiger partial charge < -0.3 is 25.8 Å². The Morgan fingerprint density at radius 1 is 1.08 bits per heavy atom. The summed E-state index contributed by atoms with van der Waals surface area (Å²) in [6, 6.07) is 5.21. The van der Waals surface area contributed by atoms with Gasteiger partial charge in [-0.3, -0.25) is 0 Å². The number of nitrogen functional groups attached to an aromatic ring is 1. The molecule has 2 aromatic rings. The van der Waals surface area contributed by atoms with Crippen LogP contribution in [0.2, 0.25) is 10.0 Å². The number of nitrogens with one attached hydrogen (secondary N) is 2. The van der Waals surface area contributed by atoms with E-state index >= 15 is 0 Å². The Morgan fingerprint density at radius 3 is 2.62 bits per heavy atom. The van der Waals surface area contributed by atoms with Crippen molar-refractivity contribution in [3.8, 4) is 11.3 Å². The van der Waals surface area contributed by atoms with Crippen LogP contribution in [0.3, 0.4) is 0 Å². The fourth-order valence-electron chi connectivity index (χ4n) is 2.07. The third kappa shape index (κ3) is 6.22. The van der Waals surface area contributed by atoms with Crippen molar-refractivity contribution >= 4 is 35.0 Å². The maximum Gasteiger partial charge on any atom is 0.244 e. The highest BCUT2D eigenvalue weighted by molar-refractivity contribution is 6.43. The highest BCUT2D eigenvalue weighted by Gasteiger charge is 2.13. The van der Waals surface area contributed by atoms with Crippen molar-refractivity contribution in [3.05, 3.63) is 28.2 Å². The van der Waals surface area contributed by atoms with E-state index in [9.17, 15) is 0 Å². The number of hydrogen-bond acceptors (Lipinski definition) is 8. The molecule has 0 amide bonds. The molecule has 8 nitrogen and oxygen atoms in total. The van der Waals surface area contributed by atoms with Gasteiger partial charge in [0, 0.05) is 32.3 Å². The maximum atomic E-state index is 6.18. The number of nitrogens with zero attached hydrogens (tertiary/aromatic N) is 3. The van der Waals surface area contributed by atoms with E-state index in [0.717, 1.165) is 13.1 Å². The van der Waals surface area contributed by atoms with E-state index < -0.39 is 0 Å². The summed E-state index contributed by atoms with van der Waals surface area (Å²) in [6.07, 6.45) is 0. The molecule has 0 saturated carbocycles.